The first-order chi connectivity index (χ1) is 8.22. The minimum Gasteiger partial charge on any atom is -0.379 e. The van der Waals surface area contributed by atoms with Crippen LogP contribution in [0.15, 0.2) is 23.5 Å². The SMILES string of the molecule is CNc1c(-n2cc[n+](C)c2)n2n(c1=O)CCC2. The minimum absolute atomic E-state index is 0.0661. The Morgan fingerprint density at radius 3 is 2.76 bits per heavy atom. The van der Waals surface area contributed by atoms with E-state index in [1.807, 2.05) is 39.6 Å². The van der Waals surface area contributed by atoms with E-state index < -0.39 is 0 Å². The van der Waals surface area contributed by atoms with Gasteiger partial charge >= 0.3 is 0 Å². The molecule has 6 nitrogen and oxygen atoms in total. The monoisotopic (exact) mass is 234 g/mol. The maximum atomic E-state index is 12.2. The molecule has 1 aliphatic rings. The van der Waals surface area contributed by atoms with Crippen molar-refractivity contribution in [3.05, 3.63) is 29.1 Å². The molecule has 3 rings (SSSR count). The summed E-state index contributed by atoms with van der Waals surface area (Å²) in [5.74, 6) is 0.926. The lowest BCUT2D eigenvalue weighted by Crippen LogP contribution is -2.24. The van der Waals surface area contributed by atoms with E-state index in [4.69, 9.17) is 0 Å². The highest BCUT2D eigenvalue weighted by Crippen LogP contribution is 2.20. The zero-order chi connectivity index (χ0) is 12.0. The molecular weight excluding hydrogens is 218 g/mol. The van der Waals surface area contributed by atoms with Crippen molar-refractivity contribution in [2.75, 3.05) is 12.4 Å². The standard InChI is InChI=1S/C11H16N5O/c1-12-9-10(14-7-6-13(2)8-14)15-4-3-5-16(15)11(9)17/h6-8,12H,3-5H2,1-2H3/q+1. The van der Waals surface area contributed by atoms with Crippen molar-refractivity contribution in [3.8, 4) is 5.82 Å². The molecule has 0 atom stereocenters. The summed E-state index contributed by atoms with van der Waals surface area (Å²) in [6, 6.07) is 0. The first-order valence-electron chi connectivity index (χ1n) is 5.77. The zero-order valence-corrected chi connectivity index (χ0v) is 10.1. The van der Waals surface area contributed by atoms with Gasteiger partial charge in [0, 0.05) is 20.1 Å². The Kier molecular flexibility index (Phi) is 2.10. The van der Waals surface area contributed by atoms with Crippen LogP contribution >= 0.6 is 0 Å². The molecule has 90 valence electrons. The maximum Gasteiger partial charge on any atom is 0.294 e. The summed E-state index contributed by atoms with van der Waals surface area (Å²) < 4.78 is 7.80. The number of fused-ring (bicyclic) bond motifs is 1. The topological polar surface area (TPSA) is 47.8 Å². The average molecular weight is 234 g/mol. The second-order valence-corrected chi connectivity index (χ2v) is 4.34. The number of imidazole rings is 1. The number of rotatable bonds is 2. The number of aromatic nitrogens is 4. The molecule has 6 heteroatoms. The van der Waals surface area contributed by atoms with Gasteiger partial charge in [-0.15, -0.1) is 0 Å². The normalized spacial score (nSPS) is 14.0. The Morgan fingerprint density at radius 1 is 1.35 bits per heavy atom. The largest absolute Gasteiger partial charge is 0.379 e. The lowest BCUT2D eigenvalue weighted by Gasteiger charge is -2.02. The van der Waals surface area contributed by atoms with Gasteiger partial charge in [-0.25, -0.2) is 13.9 Å². The van der Waals surface area contributed by atoms with Crippen molar-refractivity contribution in [2.24, 2.45) is 7.05 Å². The predicted molar refractivity (Wildman–Crippen MR) is 63.4 cm³/mol. The first-order valence-corrected chi connectivity index (χ1v) is 5.77. The van der Waals surface area contributed by atoms with Gasteiger partial charge in [0.05, 0.1) is 7.05 Å². The van der Waals surface area contributed by atoms with E-state index in [0.29, 0.717) is 5.69 Å². The number of anilines is 1. The summed E-state index contributed by atoms with van der Waals surface area (Å²) in [4.78, 5) is 12.2. The van der Waals surface area contributed by atoms with Crippen molar-refractivity contribution in [1.82, 2.24) is 13.9 Å². The summed E-state index contributed by atoms with van der Waals surface area (Å²) in [5.41, 5.74) is 0.734. The van der Waals surface area contributed by atoms with E-state index >= 15 is 0 Å². The molecule has 2 aromatic rings. The summed E-state index contributed by atoms with van der Waals surface area (Å²) in [7, 11) is 3.76. The molecule has 0 saturated heterocycles. The van der Waals surface area contributed by atoms with Gasteiger partial charge in [0.25, 0.3) is 5.56 Å². The smallest absolute Gasteiger partial charge is 0.294 e. The molecule has 0 saturated carbocycles. The molecule has 1 N–H and O–H groups in total. The predicted octanol–water partition coefficient (Wildman–Crippen LogP) is -0.290. The van der Waals surface area contributed by atoms with Gasteiger partial charge in [0.15, 0.2) is 5.69 Å². The third-order valence-corrected chi connectivity index (χ3v) is 3.21. The Bertz CT molecular complexity index is 618. The van der Waals surface area contributed by atoms with Crippen molar-refractivity contribution in [3.63, 3.8) is 0 Å². The molecule has 1 aliphatic heterocycles. The van der Waals surface area contributed by atoms with Crippen molar-refractivity contribution >= 4 is 5.69 Å². The highest BCUT2D eigenvalue weighted by Gasteiger charge is 2.26. The van der Waals surface area contributed by atoms with Gasteiger partial charge in [-0.3, -0.25) is 4.79 Å². The van der Waals surface area contributed by atoms with E-state index in [9.17, 15) is 4.79 Å². The Hall–Kier alpha value is -1.98. The van der Waals surface area contributed by atoms with E-state index in [1.165, 1.54) is 0 Å². The summed E-state index contributed by atoms with van der Waals surface area (Å²) in [6.45, 7) is 1.70. The number of aryl methyl sites for hydroxylation is 1. The van der Waals surface area contributed by atoms with Crippen LogP contribution < -0.4 is 15.4 Å². The minimum atomic E-state index is 0.0661. The van der Waals surface area contributed by atoms with Crippen LogP contribution in [0.5, 0.6) is 0 Å². The fourth-order valence-electron chi connectivity index (χ4n) is 2.45. The van der Waals surface area contributed by atoms with Gasteiger partial charge in [0.1, 0.15) is 12.4 Å². The van der Waals surface area contributed by atoms with Crippen LogP contribution in [0.1, 0.15) is 6.42 Å². The fraction of sp³-hybridized carbons (Fsp3) is 0.455. The quantitative estimate of drug-likeness (QED) is 0.726. The molecular formula is C11H16N5O+. The highest BCUT2D eigenvalue weighted by molar-refractivity contribution is 5.56. The molecule has 0 spiro atoms. The van der Waals surface area contributed by atoms with Crippen LogP contribution in [-0.2, 0) is 20.1 Å². The molecule has 0 aromatic carbocycles. The molecule has 17 heavy (non-hydrogen) atoms. The molecule has 0 bridgehead atoms. The van der Waals surface area contributed by atoms with Crippen molar-refractivity contribution in [2.45, 2.75) is 19.5 Å². The number of nitrogens with zero attached hydrogens (tertiary/aromatic N) is 4. The van der Waals surface area contributed by atoms with Crippen LogP contribution in [0.3, 0.4) is 0 Å². The van der Waals surface area contributed by atoms with Crippen LogP contribution in [0.2, 0.25) is 0 Å². The lowest BCUT2D eigenvalue weighted by atomic mass is 10.4. The summed E-state index contributed by atoms with van der Waals surface area (Å²) in [6.07, 6.45) is 6.91. The van der Waals surface area contributed by atoms with Crippen molar-refractivity contribution < 1.29 is 4.57 Å². The van der Waals surface area contributed by atoms with E-state index in [0.717, 1.165) is 25.3 Å². The zero-order valence-electron chi connectivity index (χ0n) is 10.1. The number of hydrogen-bond acceptors (Lipinski definition) is 2. The van der Waals surface area contributed by atoms with Crippen LogP contribution in [-0.4, -0.2) is 21.0 Å². The van der Waals surface area contributed by atoms with Crippen LogP contribution in [0.4, 0.5) is 5.69 Å². The fourth-order valence-corrected chi connectivity index (χ4v) is 2.45. The molecule has 0 radical (unpaired) electrons. The molecule has 2 aromatic heterocycles. The summed E-state index contributed by atoms with van der Waals surface area (Å²) >= 11 is 0. The molecule has 3 heterocycles. The Labute approximate surface area is 98.7 Å². The van der Waals surface area contributed by atoms with Gasteiger partial charge in [0.2, 0.25) is 12.1 Å². The second-order valence-electron chi connectivity index (χ2n) is 4.34. The maximum absolute atomic E-state index is 12.2. The Morgan fingerprint density at radius 2 is 2.12 bits per heavy atom. The average Bonchev–Trinajstić information content (AvgIpc) is 2.96. The van der Waals surface area contributed by atoms with Gasteiger partial charge in [-0.1, -0.05) is 0 Å². The Balaban J connectivity index is 2.28. The molecule has 0 fully saturated rings. The first kappa shape index (κ1) is 10.2. The second kappa shape index (κ2) is 3.51. The lowest BCUT2D eigenvalue weighted by molar-refractivity contribution is -0.670. The number of hydrogen-bond donors (Lipinski definition) is 1. The van der Waals surface area contributed by atoms with Crippen LogP contribution in [0, 0.1) is 0 Å². The van der Waals surface area contributed by atoms with Gasteiger partial charge in [-0.2, -0.15) is 4.57 Å². The van der Waals surface area contributed by atoms with E-state index in [2.05, 4.69) is 5.32 Å². The third-order valence-electron chi connectivity index (χ3n) is 3.21. The molecule has 0 unspecified atom stereocenters. The van der Waals surface area contributed by atoms with E-state index in [1.54, 1.807) is 11.7 Å². The van der Waals surface area contributed by atoms with Gasteiger partial charge < -0.3 is 5.32 Å². The van der Waals surface area contributed by atoms with Crippen molar-refractivity contribution in [1.29, 1.82) is 0 Å². The third kappa shape index (κ3) is 1.33. The molecule has 0 aliphatic carbocycles. The molecule has 0 amide bonds. The van der Waals surface area contributed by atoms with Crippen LogP contribution in [0.25, 0.3) is 5.82 Å². The highest BCUT2D eigenvalue weighted by atomic mass is 16.1. The van der Waals surface area contributed by atoms with E-state index in [-0.39, 0.29) is 5.56 Å². The van der Waals surface area contributed by atoms with Gasteiger partial charge in [-0.05, 0) is 6.42 Å². The number of nitrogens with one attached hydrogen (secondary N) is 1. The summed E-state index contributed by atoms with van der Waals surface area (Å²) in [5, 5.41) is 3.02.